The highest BCUT2D eigenvalue weighted by Gasteiger charge is 2.24. The van der Waals surface area contributed by atoms with Gasteiger partial charge >= 0.3 is 0 Å². The van der Waals surface area contributed by atoms with Crippen LogP contribution in [0.1, 0.15) is 38.8 Å². The molecule has 0 unspecified atom stereocenters. The number of carbonyl (C=O) groups excluding carboxylic acids is 2. The summed E-state index contributed by atoms with van der Waals surface area (Å²) in [6.07, 6.45) is 0. The van der Waals surface area contributed by atoms with E-state index in [-0.39, 0.29) is 30.4 Å². The second-order valence-electron chi connectivity index (χ2n) is 8.69. The van der Waals surface area contributed by atoms with Crippen molar-refractivity contribution >= 4 is 17.5 Å². The molecule has 2 rings (SSSR count). The maximum Gasteiger partial charge on any atom is 0.236 e. The number of likely N-dealkylation sites (N-methyl/N-ethyl adjacent to an activating group) is 1. The molecule has 1 aromatic carbocycles. The third-order valence-corrected chi connectivity index (χ3v) is 5.24. The summed E-state index contributed by atoms with van der Waals surface area (Å²) in [5.41, 5.74) is 3.61. The molecule has 1 aliphatic heterocycles. The molecule has 0 aliphatic carbocycles. The number of rotatable bonds is 6. The Morgan fingerprint density at radius 1 is 1.07 bits per heavy atom. The van der Waals surface area contributed by atoms with Gasteiger partial charge in [0.2, 0.25) is 11.8 Å². The fourth-order valence-corrected chi connectivity index (χ4v) is 3.51. The minimum atomic E-state index is -0.259. The van der Waals surface area contributed by atoms with Gasteiger partial charge in [-0.2, -0.15) is 0 Å². The number of hydrogen-bond acceptors (Lipinski definition) is 4. The summed E-state index contributed by atoms with van der Waals surface area (Å²) >= 11 is 0. The van der Waals surface area contributed by atoms with Crippen molar-refractivity contribution in [2.45, 2.75) is 47.1 Å². The van der Waals surface area contributed by atoms with Crippen LogP contribution in [0, 0.1) is 13.8 Å². The molecule has 2 amide bonds. The molecule has 1 aliphatic rings. The Labute approximate surface area is 169 Å². The SMILES string of the molecule is CCN(CC(=O)NC(C)(C)C)CC(=O)N1CCN(c2cccc(C)c2C)CC1. The van der Waals surface area contributed by atoms with Crippen LogP contribution in [0.3, 0.4) is 0 Å². The van der Waals surface area contributed by atoms with Gasteiger partial charge < -0.3 is 15.1 Å². The van der Waals surface area contributed by atoms with Gasteiger partial charge in [-0.15, -0.1) is 0 Å². The first-order valence-corrected chi connectivity index (χ1v) is 10.2. The molecule has 0 aromatic heterocycles. The summed E-state index contributed by atoms with van der Waals surface area (Å²) in [5.74, 6) is 0.0629. The second kappa shape index (κ2) is 9.41. The number of nitrogens with one attached hydrogen (secondary N) is 1. The summed E-state index contributed by atoms with van der Waals surface area (Å²) in [4.78, 5) is 31.1. The average molecular weight is 389 g/mol. The van der Waals surface area contributed by atoms with E-state index >= 15 is 0 Å². The van der Waals surface area contributed by atoms with Crippen LogP contribution in [0.5, 0.6) is 0 Å². The number of benzene rings is 1. The molecule has 1 aromatic rings. The Kier molecular flexibility index (Phi) is 7.47. The lowest BCUT2D eigenvalue weighted by Gasteiger charge is -2.37. The van der Waals surface area contributed by atoms with E-state index in [2.05, 4.69) is 42.3 Å². The smallest absolute Gasteiger partial charge is 0.236 e. The maximum absolute atomic E-state index is 12.7. The van der Waals surface area contributed by atoms with E-state index in [0.29, 0.717) is 6.54 Å². The average Bonchev–Trinajstić information content (AvgIpc) is 2.62. The Morgan fingerprint density at radius 3 is 2.29 bits per heavy atom. The highest BCUT2D eigenvalue weighted by Crippen LogP contribution is 2.23. The Morgan fingerprint density at radius 2 is 1.71 bits per heavy atom. The Bertz CT molecular complexity index is 688. The van der Waals surface area contributed by atoms with Crippen molar-refractivity contribution in [3.05, 3.63) is 29.3 Å². The number of hydrogen-bond donors (Lipinski definition) is 1. The van der Waals surface area contributed by atoms with E-state index < -0.39 is 0 Å². The van der Waals surface area contributed by atoms with Crippen molar-refractivity contribution in [3.8, 4) is 0 Å². The minimum absolute atomic E-state index is 0.0399. The van der Waals surface area contributed by atoms with Crippen molar-refractivity contribution in [3.63, 3.8) is 0 Å². The van der Waals surface area contributed by atoms with E-state index in [4.69, 9.17) is 0 Å². The lowest BCUT2D eigenvalue weighted by atomic mass is 10.1. The molecule has 156 valence electrons. The zero-order chi connectivity index (χ0) is 20.9. The molecule has 1 saturated heterocycles. The topological polar surface area (TPSA) is 55.9 Å². The number of piperazine rings is 1. The fraction of sp³-hybridized carbons (Fsp3) is 0.636. The molecule has 1 heterocycles. The molecule has 0 bridgehead atoms. The second-order valence-corrected chi connectivity index (χ2v) is 8.69. The van der Waals surface area contributed by atoms with Crippen LogP contribution < -0.4 is 10.2 Å². The molecule has 0 spiro atoms. The summed E-state index contributed by atoms with van der Waals surface area (Å²) in [6, 6.07) is 6.39. The summed E-state index contributed by atoms with van der Waals surface area (Å²) in [6.45, 7) is 16.5. The number of amides is 2. The molecule has 0 atom stereocenters. The summed E-state index contributed by atoms with van der Waals surface area (Å²) < 4.78 is 0. The molecule has 0 saturated carbocycles. The molecule has 6 heteroatoms. The van der Waals surface area contributed by atoms with Gasteiger partial charge in [0.25, 0.3) is 0 Å². The fourth-order valence-electron chi connectivity index (χ4n) is 3.51. The number of carbonyl (C=O) groups is 2. The van der Waals surface area contributed by atoms with Crippen molar-refractivity contribution in [1.29, 1.82) is 0 Å². The van der Waals surface area contributed by atoms with Gasteiger partial charge in [-0.05, 0) is 58.4 Å². The zero-order valence-corrected chi connectivity index (χ0v) is 18.3. The molecule has 28 heavy (non-hydrogen) atoms. The third kappa shape index (κ3) is 6.23. The first-order chi connectivity index (χ1) is 13.1. The van der Waals surface area contributed by atoms with Gasteiger partial charge in [0.15, 0.2) is 0 Å². The number of anilines is 1. The molecule has 6 nitrogen and oxygen atoms in total. The predicted octanol–water partition coefficient (Wildman–Crippen LogP) is 2.19. The third-order valence-electron chi connectivity index (χ3n) is 5.24. The predicted molar refractivity (Wildman–Crippen MR) is 115 cm³/mol. The highest BCUT2D eigenvalue weighted by atomic mass is 16.2. The van der Waals surface area contributed by atoms with Crippen LogP contribution in [0.25, 0.3) is 0 Å². The van der Waals surface area contributed by atoms with Crippen molar-refractivity contribution < 1.29 is 9.59 Å². The van der Waals surface area contributed by atoms with Crippen molar-refractivity contribution in [2.75, 3.05) is 50.7 Å². The van der Waals surface area contributed by atoms with E-state index in [1.807, 2.05) is 37.5 Å². The van der Waals surface area contributed by atoms with Crippen LogP contribution in [0.4, 0.5) is 5.69 Å². The molecule has 0 radical (unpaired) electrons. The first-order valence-electron chi connectivity index (χ1n) is 10.2. The van der Waals surface area contributed by atoms with Gasteiger partial charge in [-0.25, -0.2) is 0 Å². The van der Waals surface area contributed by atoms with Gasteiger partial charge in [0.1, 0.15) is 0 Å². The van der Waals surface area contributed by atoms with Gasteiger partial charge in [-0.3, -0.25) is 14.5 Å². The number of nitrogens with zero attached hydrogens (tertiary/aromatic N) is 3. The lowest BCUT2D eigenvalue weighted by Crippen LogP contribution is -2.52. The largest absolute Gasteiger partial charge is 0.368 e. The normalized spacial score (nSPS) is 15.1. The van der Waals surface area contributed by atoms with Crippen LogP contribution in [0.15, 0.2) is 18.2 Å². The first kappa shape index (κ1) is 22.2. The molecular weight excluding hydrogens is 352 g/mol. The van der Waals surface area contributed by atoms with Crippen LogP contribution >= 0.6 is 0 Å². The standard InChI is InChI=1S/C22H36N4O2/c1-7-24(15-20(27)23-22(4,5)6)16-21(28)26-13-11-25(12-14-26)19-10-8-9-17(2)18(19)3/h8-10H,7,11-16H2,1-6H3,(H,23,27). The molecular formula is C22H36N4O2. The Balaban J connectivity index is 1.87. The Hall–Kier alpha value is -2.08. The van der Waals surface area contributed by atoms with E-state index in [1.165, 1.54) is 16.8 Å². The van der Waals surface area contributed by atoms with Gasteiger partial charge in [-0.1, -0.05) is 19.1 Å². The minimum Gasteiger partial charge on any atom is -0.368 e. The van der Waals surface area contributed by atoms with Gasteiger partial charge in [0, 0.05) is 37.4 Å². The van der Waals surface area contributed by atoms with Crippen LogP contribution in [-0.2, 0) is 9.59 Å². The van der Waals surface area contributed by atoms with E-state index in [1.54, 1.807) is 0 Å². The monoisotopic (exact) mass is 388 g/mol. The van der Waals surface area contributed by atoms with E-state index in [0.717, 1.165) is 26.2 Å². The maximum atomic E-state index is 12.7. The van der Waals surface area contributed by atoms with Crippen molar-refractivity contribution in [1.82, 2.24) is 15.1 Å². The molecule has 1 fully saturated rings. The van der Waals surface area contributed by atoms with Crippen LogP contribution in [0.2, 0.25) is 0 Å². The molecule has 1 N–H and O–H groups in total. The highest BCUT2D eigenvalue weighted by molar-refractivity contribution is 5.81. The lowest BCUT2D eigenvalue weighted by molar-refractivity contribution is -0.133. The van der Waals surface area contributed by atoms with Crippen molar-refractivity contribution in [2.24, 2.45) is 0 Å². The van der Waals surface area contributed by atoms with Gasteiger partial charge in [0.05, 0.1) is 13.1 Å². The zero-order valence-electron chi connectivity index (χ0n) is 18.3. The number of aryl methyl sites for hydroxylation is 1. The quantitative estimate of drug-likeness (QED) is 0.812. The van der Waals surface area contributed by atoms with E-state index in [9.17, 15) is 9.59 Å². The summed E-state index contributed by atoms with van der Waals surface area (Å²) in [7, 11) is 0. The van der Waals surface area contributed by atoms with Crippen LogP contribution in [-0.4, -0.2) is 73.0 Å². The summed E-state index contributed by atoms with van der Waals surface area (Å²) in [5, 5.41) is 2.96.